The maximum absolute atomic E-state index is 4.20. The minimum atomic E-state index is 0.369. The van der Waals surface area contributed by atoms with E-state index in [0.29, 0.717) is 6.04 Å². The summed E-state index contributed by atoms with van der Waals surface area (Å²) < 4.78 is 1.93. The first-order valence-electron chi connectivity index (χ1n) is 4.95. The zero-order valence-corrected chi connectivity index (χ0v) is 8.90. The minimum Gasteiger partial charge on any atom is -0.310 e. The Morgan fingerprint density at radius 1 is 1.64 bits per heavy atom. The summed E-state index contributed by atoms with van der Waals surface area (Å²) in [6.07, 6.45) is 4.49. The molecule has 0 aliphatic heterocycles. The summed E-state index contributed by atoms with van der Waals surface area (Å²) in [6, 6.07) is 0.369. The first kappa shape index (κ1) is 10.9. The molecule has 0 spiro atoms. The first-order valence-corrected chi connectivity index (χ1v) is 4.95. The molecule has 1 heterocycles. The topological polar surface area (TPSA) is 42.7 Å². The molecule has 0 amide bonds. The minimum absolute atomic E-state index is 0.369. The van der Waals surface area contributed by atoms with Gasteiger partial charge >= 0.3 is 0 Å². The third-order valence-corrected chi connectivity index (χ3v) is 1.94. The van der Waals surface area contributed by atoms with Crippen molar-refractivity contribution in [1.82, 2.24) is 20.1 Å². The van der Waals surface area contributed by atoms with Crippen LogP contribution in [-0.2, 0) is 6.54 Å². The summed E-state index contributed by atoms with van der Waals surface area (Å²) in [5.41, 5.74) is 0. The maximum Gasteiger partial charge on any atom is 0.141 e. The summed E-state index contributed by atoms with van der Waals surface area (Å²) in [7, 11) is 0. The van der Waals surface area contributed by atoms with Crippen LogP contribution in [0.15, 0.2) is 19.0 Å². The molecule has 4 heteroatoms. The molecule has 14 heavy (non-hydrogen) atoms. The molecule has 0 aliphatic carbocycles. The van der Waals surface area contributed by atoms with E-state index in [0.717, 1.165) is 25.3 Å². The van der Waals surface area contributed by atoms with E-state index in [2.05, 4.69) is 35.8 Å². The second-order valence-electron chi connectivity index (χ2n) is 3.47. The van der Waals surface area contributed by atoms with Crippen molar-refractivity contribution < 1.29 is 0 Å². The number of aromatic nitrogens is 3. The van der Waals surface area contributed by atoms with Gasteiger partial charge in [-0.2, -0.15) is 5.10 Å². The molecule has 0 atom stereocenters. The predicted octanol–water partition coefficient (Wildman–Crippen LogP) is 1.52. The molecular formula is C10H18N4. The quantitative estimate of drug-likeness (QED) is 0.551. The zero-order valence-electron chi connectivity index (χ0n) is 8.90. The van der Waals surface area contributed by atoms with Crippen LogP contribution in [0.1, 0.15) is 32.1 Å². The van der Waals surface area contributed by atoms with E-state index < -0.39 is 0 Å². The van der Waals surface area contributed by atoms with Crippen molar-refractivity contribution in [3.63, 3.8) is 0 Å². The Morgan fingerprint density at radius 3 is 3.07 bits per heavy atom. The lowest BCUT2D eigenvalue weighted by molar-refractivity contribution is 0.491. The standard InChI is InChI=1S/C10H18N4/c1-4-5-6-11-7-10-12-8-13-14(10)9(2)3/h4,8-9,11H,1,5-7H2,2-3H3. The Hall–Kier alpha value is -1.16. The second kappa shape index (κ2) is 5.54. The molecule has 0 saturated carbocycles. The molecule has 1 aromatic rings. The fourth-order valence-electron chi connectivity index (χ4n) is 1.24. The van der Waals surface area contributed by atoms with E-state index in [-0.39, 0.29) is 0 Å². The molecule has 0 unspecified atom stereocenters. The maximum atomic E-state index is 4.20. The van der Waals surface area contributed by atoms with Gasteiger partial charge in [-0.25, -0.2) is 9.67 Å². The molecule has 4 nitrogen and oxygen atoms in total. The van der Waals surface area contributed by atoms with E-state index in [4.69, 9.17) is 0 Å². The second-order valence-corrected chi connectivity index (χ2v) is 3.47. The van der Waals surface area contributed by atoms with Crippen LogP contribution >= 0.6 is 0 Å². The molecule has 1 N–H and O–H groups in total. The van der Waals surface area contributed by atoms with Crippen LogP contribution in [0.25, 0.3) is 0 Å². The van der Waals surface area contributed by atoms with Crippen LogP contribution in [0, 0.1) is 0 Å². The normalized spacial score (nSPS) is 10.8. The Kier molecular flexibility index (Phi) is 4.32. The first-order chi connectivity index (χ1) is 6.75. The van der Waals surface area contributed by atoms with Crippen LogP contribution < -0.4 is 5.32 Å². The van der Waals surface area contributed by atoms with Gasteiger partial charge in [-0.05, 0) is 26.8 Å². The van der Waals surface area contributed by atoms with Gasteiger partial charge in [0.05, 0.1) is 6.54 Å². The van der Waals surface area contributed by atoms with Gasteiger partial charge in [0.1, 0.15) is 12.2 Å². The number of rotatable bonds is 6. The Balaban J connectivity index is 2.41. The van der Waals surface area contributed by atoms with Gasteiger partial charge < -0.3 is 5.32 Å². The third kappa shape index (κ3) is 2.96. The van der Waals surface area contributed by atoms with E-state index in [1.165, 1.54) is 0 Å². The zero-order chi connectivity index (χ0) is 10.4. The average molecular weight is 194 g/mol. The van der Waals surface area contributed by atoms with Gasteiger partial charge in [0, 0.05) is 6.04 Å². The molecule has 0 bridgehead atoms. The Morgan fingerprint density at radius 2 is 2.43 bits per heavy atom. The van der Waals surface area contributed by atoms with Gasteiger partial charge in [-0.3, -0.25) is 0 Å². The van der Waals surface area contributed by atoms with Crippen molar-refractivity contribution >= 4 is 0 Å². The number of nitrogens with one attached hydrogen (secondary N) is 1. The Labute approximate surface area is 85.0 Å². The molecule has 0 radical (unpaired) electrons. The fraction of sp³-hybridized carbons (Fsp3) is 0.600. The molecule has 78 valence electrons. The summed E-state index contributed by atoms with van der Waals surface area (Å²) in [4.78, 5) is 4.20. The molecular weight excluding hydrogens is 176 g/mol. The predicted molar refractivity (Wildman–Crippen MR) is 56.9 cm³/mol. The van der Waals surface area contributed by atoms with E-state index >= 15 is 0 Å². The van der Waals surface area contributed by atoms with Crippen molar-refractivity contribution in [3.05, 3.63) is 24.8 Å². The molecule has 0 aromatic carbocycles. The SMILES string of the molecule is C=CCCNCc1ncnn1C(C)C. The van der Waals surface area contributed by atoms with Crippen molar-refractivity contribution in [2.75, 3.05) is 6.54 Å². The highest BCUT2D eigenvalue weighted by Gasteiger charge is 2.05. The van der Waals surface area contributed by atoms with E-state index in [1.807, 2.05) is 10.8 Å². The number of nitrogens with zero attached hydrogens (tertiary/aromatic N) is 3. The third-order valence-electron chi connectivity index (χ3n) is 1.94. The molecule has 0 aliphatic rings. The fourth-order valence-corrected chi connectivity index (χ4v) is 1.24. The smallest absolute Gasteiger partial charge is 0.141 e. The molecule has 1 aromatic heterocycles. The van der Waals surface area contributed by atoms with E-state index in [9.17, 15) is 0 Å². The lowest BCUT2D eigenvalue weighted by Crippen LogP contribution is -2.19. The summed E-state index contributed by atoms with van der Waals surface area (Å²) >= 11 is 0. The van der Waals surface area contributed by atoms with Crippen molar-refractivity contribution in [1.29, 1.82) is 0 Å². The van der Waals surface area contributed by atoms with Gasteiger partial charge in [0.2, 0.25) is 0 Å². The summed E-state index contributed by atoms with van der Waals surface area (Å²) in [5, 5.41) is 7.45. The molecule has 0 fully saturated rings. The summed E-state index contributed by atoms with van der Waals surface area (Å²) in [6.45, 7) is 9.57. The lowest BCUT2D eigenvalue weighted by atomic mass is 10.4. The highest BCUT2D eigenvalue weighted by atomic mass is 15.3. The number of hydrogen-bond donors (Lipinski definition) is 1. The largest absolute Gasteiger partial charge is 0.310 e. The molecule has 1 rings (SSSR count). The van der Waals surface area contributed by atoms with Crippen LogP contribution in [-0.4, -0.2) is 21.3 Å². The van der Waals surface area contributed by atoms with Crippen LogP contribution in [0.5, 0.6) is 0 Å². The monoisotopic (exact) mass is 194 g/mol. The highest BCUT2D eigenvalue weighted by molar-refractivity contribution is 4.85. The highest BCUT2D eigenvalue weighted by Crippen LogP contribution is 2.04. The van der Waals surface area contributed by atoms with Gasteiger partial charge in [0.15, 0.2) is 0 Å². The van der Waals surface area contributed by atoms with Crippen LogP contribution in [0.4, 0.5) is 0 Å². The van der Waals surface area contributed by atoms with Gasteiger partial charge in [-0.1, -0.05) is 6.08 Å². The lowest BCUT2D eigenvalue weighted by Gasteiger charge is -2.09. The van der Waals surface area contributed by atoms with E-state index in [1.54, 1.807) is 6.33 Å². The van der Waals surface area contributed by atoms with Crippen LogP contribution in [0.2, 0.25) is 0 Å². The molecule has 0 saturated heterocycles. The van der Waals surface area contributed by atoms with Crippen molar-refractivity contribution in [3.8, 4) is 0 Å². The average Bonchev–Trinajstić information content (AvgIpc) is 2.60. The van der Waals surface area contributed by atoms with Gasteiger partial charge in [0.25, 0.3) is 0 Å². The summed E-state index contributed by atoms with van der Waals surface area (Å²) in [5.74, 6) is 0.990. The van der Waals surface area contributed by atoms with Crippen LogP contribution in [0.3, 0.4) is 0 Å². The van der Waals surface area contributed by atoms with Crippen molar-refractivity contribution in [2.45, 2.75) is 32.9 Å². The Bertz CT molecular complexity index is 277. The van der Waals surface area contributed by atoms with Gasteiger partial charge in [-0.15, -0.1) is 6.58 Å². The number of hydrogen-bond acceptors (Lipinski definition) is 3. The van der Waals surface area contributed by atoms with Crippen molar-refractivity contribution in [2.24, 2.45) is 0 Å².